The van der Waals surface area contributed by atoms with Gasteiger partial charge in [0.15, 0.2) is 0 Å². The van der Waals surface area contributed by atoms with E-state index in [1.807, 2.05) is 13.8 Å². The first kappa shape index (κ1) is 14.9. The smallest absolute Gasteiger partial charge is 0.270 e. The molecule has 5 nitrogen and oxygen atoms in total. The van der Waals surface area contributed by atoms with Crippen LogP contribution in [0.5, 0.6) is 5.75 Å². The fourth-order valence-corrected chi connectivity index (χ4v) is 2.95. The first-order chi connectivity index (χ1) is 9.51. The van der Waals surface area contributed by atoms with Crippen molar-refractivity contribution in [3.05, 3.63) is 49.5 Å². The van der Waals surface area contributed by atoms with E-state index in [1.54, 1.807) is 17.4 Å². The molecule has 0 spiro atoms. The summed E-state index contributed by atoms with van der Waals surface area (Å²) in [6.45, 7) is 4.36. The molecule has 0 N–H and O–H groups in total. The fourth-order valence-electron chi connectivity index (χ4n) is 1.67. The largest absolute Gasteiger partial charge is 0.486 e. The summed E-state index contributed by atoms with van der Waals surface area (Å²) in [5, 5.41) is 12.1. The van der Waals surface area contributed by atoms with Gasteiger partial charge < -0.3 is 4.74 Å². The number of aryl methyl sites for hydroxylation is 2. The quantitative estimate of drug-likeness (QED) is 0.458. The number of aromatic nitrogens is 1. The Hall–Kier alpha value is -1.47. The molecule has 0 bridgehead atoms. The maximum atomic E-state index is 10.7. The lowest BCUT2D eigenvalue weighted by Gasteiger charge is -2.08. The molecule has 0 amide bonds. The maximum Gasteiger partial charge on any atom is 0.270 e. The molecule has 0 aliphatic carbocycles. The van der Waals surface area contributed by atoms with Gasteiger partial charge in [-0.15, -0.1) is 11.3 Å². The highest BCUT2D eigenvalue weighted by Crippen LogP contribution is 2.27. The van der Waals surface area contributed by atoms with Crippen molar-refractivity contribution in [3.63, 3.8) is 0 Å². The monoisotopic (exact) mass is 356 g/mol. The van der Waals surface area contributed by atoms with E-state index in [1.165, 1.54) is 17.0 Å². The zero-order valence-corrected chi connectivity index (χ0v) is 13.5. The molecule has 0 radical (unpaired) electrons. The van der Waals surface area contributed by atoms with Gasteiger partial charge in [-0.25, -0.2) is 4.98 Å². The minimum absolute atomic E-state index is 0.0627. The van der Waals surface area contributed by atoms with Crippen LogP contribution in [0.25, 0.3) is 0 Å². The second-order valence-corrected chi connectivity index (χ2v) is 6.07. The molecule has 0 saturated heterocycles. The highest BCUT2D eigenvalue weighted by Gasteiger charge is 2.12. The van der Waals surface area contributed by atoms with Gasteiger partial charge in [-0.3, -0.25) is 10.1 Å². The topological polar surface area (TPSA) is 65.3 Å². The predicted molar refractivity (Wildman–Crippen MR) is 81.6 cm³/mol. The Morgan fingerprint density at radius 1 is 1.45 bits per heavy atom. The molecule has 0 saturated carbocycles. The standard InChI is InChI=1S/C13H13BrN2O3S/c1-8-9(2)20-13(15-8)7-19-12-4-3-11(16(17)18)5-10(12)6-14/h3-5H,6-7H2,1-2H3. The number of nitro groups is 1. The Bertz CT molecular complexity index is 623. The van der Waals surface area contributed by atoms with Gasteiger partial charge in [0.05, 0.1) is 10.6 Å². The summed E-state index contributed by atoms with van der Waals surface area (Å²) in [5.74, 6) is 0.637. The predicted octanol–water partition coefficient (Wildman–Crippen LogP) is 4.14. The lowest BCUT2D eigenvalue weighted by Crippen LogP contribution is -1.98. The third-order valence-electron chi connectivity index (χ3n) is 2.82. The number of rotatable bonds is 5. The Morgan fingerprint density at radius 2 is 2.20 bits per heavy atom. The van der Waals surface area contributed by atoms with Crippen LogP contribution < -0.4 is 4.74 Å². The van der Waals surface area contributed by atoms with Gasteiger partial charge in [0.1, 0.15) is 17.4 Å². The molecule has 0 atom stereocenters. The summed E-state index contributed by atoms with van der Waals surface area (Å²) >= 11 is 4.92. The Balaban J connectivity index is 2.14. The van der Waals surface area contributed by atoms with Crippen molar-refractivity contribution >= 4 is 33.0 Å². The fraction of sp³-hybridized carbons (Fsp3) is 0.308. The van der Waals surface area contributed by atoms with E-state index in [9.17, 15) is 10.1 Å². The molecule has 1 aromatic carbocycles. The van der Waals surface area contributed by atoms with Crippen molar-refractivity contribution in [3.8, 4) is 5.75 Å². The van der Waals surface area contributed by atoms with Crippen LogP contribution in [0.3, 0.4) is 0 Å². The summed E-state index contributed by atoms with van der Waals surface area (Å²) in [5.41, 5.74) is 1.83. The Labute approximate surface area is 128 Å². The van der Waals surface area contributed by atoms with Crippen molar-refractivity contribution in [1.82, 2.24) is 4.98 Å². The number of hydrogen-bond donors (Lipinski definition) is 0. The number of non-ortho nitro benzene ring substituents is 1. The van der Waals surface area contributed by atoms with Crippen LogP contribution in [0.15, 0.2) is 18.2 Å². The molecule has 0 aliphatic heterocycles. The first-order valence-corrected chi connectivity index (χ1v) is 7.84. The van der Waals surface area contributed by atoms with Gasteiger partial charge in [-0.1, -0.05) is 15.9 Å². The van der Waals surface area contributed by atoms with Crippen molar-refractivity contribution in [2.45, 2.75) is 25.8 Å². The SMILES string of the molecule is Cc1nc(COc2ccc([N+](=O)[O-])cc2CBr)sc1C. The van der Waals surface area contributed by atoms with Gasteiger partial charge in [-0.05, 0) is 19.9 Å². The number of hydrogen-bond acceptors (Lipinski definition) is 5. The molecule has 2 aromatic rings. The Morgan fingerprint density at radius 3 is 2.75 bits per heavy atom. The second kappa shape index (κ2) is 6.32. The lowest BCUT2D eigenvalue weighted by molar-refractivity contribution is -0.384. The van der Waals surface area contributed by atoms with Gasteiger partial charge in [-0.2, -0.15) is 0 Å². The van der Waals surface area contributed by atoms with Crippen molar-refractivity contribution in [2.75, 3.05) is 0 Å². The second-order valence-electron chi connectivity index (χ2n) is 4.22. The normalized spacial score (nSPS) is 10.6. The summed E-state index contributed by atoms with van der Waals surface area (Å²) in [4.78, 5) is 15.9. The maximum absolute atomic E-state index is 10.7. The van der Waals surface area contributed by atoms with Crippen LogP contribution >= 0.6 is 27.3 Å². The summed E-state index contributed by atoms with van der Waals surface area (Å²) in [6, 6.07) is 4.59. The minimum atomic E-state index is -0.413. The van der Waals surface area contributed by atoms with E-state index in [2.05, 4.69) is 20.9 Å². The molecule has 0 unspecified atom stereocenters. The van der Waals surface area contributed by atoms with Crippen LogP contribution in [0.1, 0.15) is 21.1 Å². The summed E-state index contributed by atoms with van der Waals surface area (Å²) < 4.78 is 5.71. The first-order valence-electron chi connectivity index (χ1n) is 5.90. The molecule has 0 fully saturated rings. The number of halogens is 1. The molecule has 106 valence electrons. The van der Waals surface area contributed by atoms with Crippen LogP contribution in [-0.4, -0.2) is 9.91 Å². The van der Waals surface area contributed by atoms with E-state index in [-0.39, 0.29) is 5.69 Å². The number of thiazole rings is 1. The highest BCUT2D eigenvalue weighted by molar-refractivity contribution is 9.08. The van der Waals surface area contributed by atoms with Crippen LogP contribution in [-0.2, 0) is 11.9 Å². The Kier molecular flexibility index (Phi) is 4.72. The van der Waals surface area contributed by atoms with Gasteiger partial charge in [0, 0.05) is 27.9 Å². The zero-order chi connectivity index (χ0) is 14.7. The third kappa shape index (κ3) is 3.34. The van der Waals surface area contributed by atoms with Crippen molar-refractivity contribution < 1.29 is 9.66 Å². The van der Waals surface area contributed by atoms with Gasteiger partial charge in [0.2, 0.25) is 0 Å². The van der Waals surface area contributed by atoms with E-state index < -0.39 is 4.92 Å². The van der Waals surface area contributed by atoms with Gasteiger partial charge in [0.25, 0.3) is 5.69 Å². The van der Waals surface area contributed by atoms with Crippen LogP contribution in [0, 0.1) is 24.0 Å². The van der Waals surface area contributed by atoms with Crippen LogP contribution in [0.2, 0.25) is 0 Å². The van der Waals surface area contributed by atoms with E-state index in [0.29, 0.717) is 17.7 Å². The summed E-state index contributed by atoms with van der Waals surface area (Å²) in [6.07, 6.45) is 0. The van der Waals surface area contributed by atoms with E-state index >= 15 is 0 Å². The van der Waals surface area contributed by atoms with E-state index in [4.69, 9.17) is 4.74 Å². The average molecular weight is 357 g/mol. The molecule has 0 aliphatic rings. The molecule has 1 heterocycles. The molecular formula is C13H13BrN2O3S. The molecule has 20 heavy (non-hydrogen) atoms. The molecule has 1 aromatic heterocycles. The number of alkyl halides is 1. The van der Waals surface area contributed by atoms with Crippen molar-refractivity contribution in [2.24, 2.45) is 0 Å². The third-order valence-corrected chi connectivity index (χ3v) is 4.47. The number of benzene rings is 1. The average Bonchev–Trinajstić information content (AvgIpc) is 2.75. The number of ether oxygens (including phenoxy) is 1. The molecule has 2 rings (SSSR count). The zero-order valence-electron chi connectivity index (χ0n) is 11.1. The van der Waals surface area contributed by atoms with Crippen LogP contribution in [0.4, 0.5) is 5.69 Å². The number of nitrogens with zero attached hydrogens (tertiary/aromatic N) is 2. The molecule has 7 heteroatoms. The van der Waals surface area contributed by atoms with Crippen molar-refractivity contribution in [1.29, 1.82) is 0 Å². The lowest BCUT2D eigenvalue weighted by atomic mass is 10.2. The van der Waals surface area contributed by atoms with Gasteiger partial charge >= 0.3 is 0 Å². The molecular weight excluding hydrogens is 344 g/mol. The summed E-state index contributed by atoms with van der Waals surface area (Å²) in [7, 11) is 0. The minimum Gasteiger partial charge on any atom is -0.486 e. The highest BCUT2D eigenvalue weighted by atomic mass is 79.9. The van der Waals surface area contributed by atoms with E-state index in [0.717, 1.165) is 16.3 Å². The number of nitro benzene ring substituents is 1.